The topological polar surface area (TPSA) is 0 Å². The van der Waals surface area contributed by atoms with Crippen molar-refractivity contribution in [3.63, 3.8) is 0 Å². The van der Waals surface area contributed by atoms with Crippen LogP contribution in [0.15, 0.2) is 24.3 Å². The molecule has 1 aromatic rings. The lowest BCUT2D eigenvalue weighted by atomic mass is 9.66. The molecule has 1 saturated carbocycles. The van der Waals surface area contributed by atoms with Crippen LogP contribution in [-0.4, -0.2) is 5.33 Å². The summed E-state index contributed by atoms with van der Waals surface area (Å²) in [6.07, 6.45) is 3.97. The fourth-order valence-corrected chi connectivity index (χ4v) is 2.92. The first kappa shape index (κ1) is 9.54. The van der Waals surface area contributed by atoms with Crippen molar-refractivity contribution in [2.45, 2.75) is 24.7 Å². The zero-order valence-corrected chi connectivity index (χ0v) is 9.74. The van der Waals surface area contributed by atoms with E-state index in [1.165, 1.54) is 24.8 Å². The summed E-state index contributed by atoms with van der Waals surface area (Å²) < 4.78 is 0. The first-order valence-corrected chi connectivity index (χ1v) is 6.09. The third kappa shape index (κ3) is 1.64. The first-order valence-electron chi connectivity index (χ1n) is 4.59. The van der Waals surface area contributed by atoms with Crippen LogP contribution in [0.3, 0.4) is 0 Å². The van der Waals surface area contributed by atoms with Gasteiger partial charge in [-0.05, 0) is 30.5 Å². The quantitative estimate of drug-likeness (QED) is 0.700. The maximum absolute atomic E-state index is 5.85. The van der Waals surface area contributed by atoms with Crippen molar-refractivity contribution in [3.8, 4) is 0 Å². The smallest absolute Gasteiger partial charge is 0.0406 e. The van der Waals surface area contributed by atoms with Crippen LogP contribution in [0, 0.1) is 0 Å². The van der Waals surface area contributed by atoms with E-state index in [-0.39, 0.29) is 0 Å². The van der Waals surface area contributed by atoms with Gasteiger partial charge in [-0.2, -0.15) is 0 Å². The molecule has 1 aliphatic rings. The molecule has 0 radical (unpaired) electrons. The molecule has 1 aliphatic carbocycles. The van der Waals surface area contributed by atoms with Gasteiger partial charge >= 0.3 is 0 Å². The molecule has 0 bridgehead atoms. The van der Waals surface area contributed by atoms with E-state index in [2.05, 4.69) is 28.1 Å². The molecule has 0 amide bonds. The normalized spacial score (nSPS) is 19.5. The first-order chi connectivity index (χ1) is 6.27. The molecule has 2 heteroatoms. The third-order valence-corrected chi connectivity index (χ3v) is 4.35. The van der Waals surface area contributed by atoms with Gasteiger partial charge in [-0.3, -0.25) is 0 Å². The molecule has 0 atom stereocenters. The van der Waals surface area contributed by atoms with Crippen LogP contribution in [0.4, 0.5) is 0 Å². The van der Waals surface area contributed by atoms with Crippen LogP contribution in [-0.2, 0) is 5.41 Å². The Labute approximate surface area is 92.4 Å². The van der Waals surface area contributed by atoms with Gasteiger partial charge in [0, 0.05) is 15.8 Å². The summed E-state index contributed by atoms with van der Waals surface area (Å²) in [5.41, 5.74) is 1.84. The fraction of sp³-hybridized carbons (Fsp3) is 0.455. The van der Waals surface area contributed by atoms with Crippen molar-refractivity contribution in [1.29, 1.82) is 0 Å². The standard InChI is InChI=1S/C11H12BrCl/c12-8-11(6-1-7-11)9-2-4-10(13)5-3-9/h2-5H,1,6-8H2. The van der Waals surface area contributed by atoms with Gasteiger partial charge in [-0.25, -0.2) is 0 Å². The molecule has 0 aromatic heterocycles. The number of rotatable bonds is 2. The number of benzene rings is 1. The summed E-state index contributed by atoms with van der Waals surface area (Å²) >= 11 is 9.46. The third-order valence-electron chi connectivity index (χ3n) is 3.02. The van der Waals surface area contributed by atoms with E-state index in [1.54, 1.807) is 0 Å². The number of alkyl halides is 1. The van der Waals surface area contributed by atoms with Gasteiger partial charge in [-0.15, -0.1) is 0 Å². The van der Waals surface area contributed by atoms with Gasteiger partial charge in [0.1, 0.15) is 0 Å². The highest BCUT2D eigenvalue weighted by Gasteiger charge is 2.37. The van der Waals surface area contributed by atoms with Crippen molar-refractivity contribution in [2.24, 2.45) is 0 Å². The lowest BCUT2D eigenvalue weighted by molar-refractivity contribution is 0.281. The maximum Gasteiger partial charge on any atom is 0.0406 e. The van der Waals surface area contributed by atoms with Crippen molar-refractivity contribution in [3.05, 3.63) is 34.9 Å². The van der Waals surface area contributed by atoms with Crippen molar-refractivity contribution in [2.75, 3.05) is 5.33 Å². The van der Waals surface area contributed by atoms with E-state index >= 15 is 0 Å². The van der Waals surface area contributed by atoms with Crippen LogP contribution >= 0.6 is 27.5 Å². The average molecular weight is 260 g/mol. The molecule has 1 aromatic carbocycles. The molecule has 13 heavy (non-hydrogen) atoms. The summed E-state index contributed by atoms with van der Waals surface area (Å²) in [6.45, 7) is 0. The molecule has 1 fully saturated rings. The van der Waals surface area contributed by atoms with Crippen LogP contribution in [0.25, 0.3) is 0 Å². The van der Waals surface area contributed by atoms with E-state index in [1.807, 2.05) is 12.1 Å². The Morgan fingerprint density at radius 3 is 2.23 bits per heavy atom. The zero-order chi connectivity index (χ0) is 9.31. The summed E-state index contributed by atoms with van der Waals surface area (Å²) in [5.74, 6) is 0. The number of hydrogen-bond donors (Lipinski definition) is 0. The minimum atomic E-state index is 0.407. The highest BCUT2D eigenvalue weighted by atomic mass is 79.9. The second-order valence-corrected chi connectivity index (χ2v) is 4.77. The Kier molecular flexibility index (Phi) is 2.66. The lowest BCUT2D eigenvalue weighted by Gasteiger charge is -2.41. The fourth-order valence-electron chi connectivity index (χ4n) is 1.91. The van der Waals surface area contributed by atoms with Crippen LogP contribution in [0.5, 0.6) is 0 Å². The second-order valence-electron chi connectivity index (χ2n) is 3.77. The molecule has 0 heterocycles. The maximum atomic E-state index is 5.85. The van der Waals surface area contributed by atoms with Gasteiger partial charge in [0.15, 0.2) is 0 Å². The van der Waals surface area contributed by atoms with E-state index in [0.29, 0.717) is 5.41 Å². The molecule has 0 nitrogen and oxygen atoms in total. The van der Waals surface area contributed by atoms with E-state index < -0.39 is 0 Å². The van der Waals surface area contributed by atoms with Crippen LogP contribution in [0.1, 0.15) is 24.8 Å². The Morgan fingerprint density at radius 1 is 1.23 bits per heavy atom. The molecular formula is C11H12BrCl. The zero-order valence-electron chi connectivity index (χ0n) is 7.39. The Hall–Kier alpha value is -0.0100. The van der Waals surface area contributed by atoms with E-state index in [9.17, 15) is 0 Å². The largest absolute Gasteiger partial charge is 0.0918 e. The molecular weight excluding hydrogens is 247 g/mol. The van der Waals surface area contributed by atoms with E-state index in [0.717, 1.165) is 10.4 Å². The predicted molar refractivity (Wildman–Crippen MR) is 60.8 cm³/mol. The van der Waals surface area contributed by atoms with Crippen molar-refractivity contribution >= 4 is 27.5 Å². The molecule has 0 unspecified atom stereocenters. The number of hydrogen-bond acceptors (Lipinski definition) is 0. The number of halogens is 2. The van der Waals surface area contributed by atoms with Crippen LogP contribution < -0.4 is 0 Å². The minimum absolute atomic E-state index is 0.407. The Bertz CT molecular complexity index is 282. The van der Waals surface area contributed by atoms with Gasteiger partial charge in [0.05, 0.1) is 0 Å². The monoisotopic (exact) mass is 258 g/mol. The summed E-state index contributed by atoms with van der Waals surface area (Å²) in [7, 11) is 0. The second kappa shape index (κ2) is 3.62. The molecule has 2 rings (SSSR count). The highest BCUT2D eigenvalue weighted by molar-refractivity contribution is 9.09. The van der Waals surface area contributed by atoms with E-state index in [4.69, 9.17) is 11.6 Å². The molecule has 0 saturated heterocycles. The molecule has 0 aliphatic heterocycles. The predicted octanol–water partition coefficient (Wildman–Crippen LogP) is 4.16. The highest BCUT2D eigenvalue weighted by Crippen LogP contribution is 2.45. The SMILES string of the molecule is Clc1ccc(C2(CBr)CCC2)cc1. The summed E-state index contributed by atoms with van der Waals surface area (Å²) in [5, 5.41) is 1.90. The summed E-state index contributed by atoms with van der Waals surface area (Å²) in [4.78, 5) is 0. The van der Waals surface area contributed by atoms with Crippen molar-refractivity contribution < 1.29 is 0 Å². The molecule has 0 N–H and O–H groups in total. The lowest BCUT2D eigenvalue weighted by Crippen LogP contribution is -2.35. The summed E-state index contributed by atoms with van der Waals surface area (Å²) in [6, 6.07) is 8.28. The van der Waals surface area contributed by atoms with Crippen LogP contribution in [0.2, 0.25) is 5.02 Å². The van der Waals surface area contributed by atoms with Crippen molar-refractivity contribution in [1.82, 2.24) is 0 Å². The minimum Gasteiger partial charge on any atom is -0.0918 e. The Morgan fingerprint density at radius 2 is 1.85 bits per heavy atom. The molecule has 0 spiro atoms. The van der Waals surface area contributed by atoms with Gasteiger partial charge < -0.3 is 0 Å². The van der Waals surface area contributed by atoms with Gasteiger partial charge in [0.2, 0.25) is 0 Å². The van der Waals surface area contributed by atoms with Gasteiger partial charge in [-0.1, -0.05) is 46.1 Å². The Balaban J connectivity index is 2.28. The average Bonchev–Trinajstić information content (AvgIpc) is 2.07. The molecule has 70 valence electrons. The van der Waals surface area contributed by atoms with Gasteiger partial charge in [0.25, 0.3) is 0 Å².